The second-order valence-electron chi connectivity index (χ2n) is 5.14. The van der Waals surface area contributed by atoms with Crippen LogP contribution in [0.1, 0.15) is 5.56 Å². The van der Waals surface area contributed by atoms with Gasteiger partial charge in [-0.1, -0.05) is 17.7 Å². The molecule has 3 aromatic rings. The SMILES string of the molecule is COc1ccc2oc(=O)cc(OS(=O)(=O)c3ccc(C)cc3)c2c1. The fraction of sp³-hybridized carbons (Fsp3) is 0.118. The molecule has 0 spiro atoms. The molecule has 0 amide bonds. The molecule has 0 saturated heterocycles. The van der Waals surface area contributed by atoms with Crippen LogP contribution in [0.25, 0.3) is 11.0 Å². The van der Waals surface area contributed by atoms with Gasteiger partial charge >= 0.3 is 15.7 Å². The molecule has 6 nitrogen and oxygen atoms in total. The molecule has 0 saturated carbocycles. The Bertz CT molecular complexity index is 1050. The molecule has 3 rings (SSSR count). The normalized spacial score (nSPS) is 11.4. The van der Waals surface area contributed by atoms with Gasteiger partial charge in [0.2, 0.25) is 0 Å². The summed E-state index contributed by atoms with van der Waals surface area (Å²) in [5.41, 5.74) is 0.420. The molecule has 0 atom stereocenters. The van der Waals surface area contributed by atoms with E-state index < -0.39 is 15.7 Å². The number of aryl methyl sites for hydroxylation is 1. The van der Waals surface area contributed by atoms with Crippen molar-refractivity contribution < 1.29 is 21.8 Å². The quantitative estimate of drug-likeness (QED) is 0.534. The Morgan fingerprint density at radius 1 is 1.00 bits per heavy atom. The van der Waals surface area contributed by atoms with Gasteiger partial charge in [0.15, 0.2) is 5.75 Å². The lowest BCUT2D eigenvalue weighted by atomic mass is 10.2. The van der Waals surface area contributed by atoms with E-state index in [1.807, 2.05) is 6.92 Å². The summed E-state index contributed by atoms with van der Waals surface area (Å²) in [7, 11) is -2.60. The van der Waals surface area contributed by atoms with Gasteiger partial charge in [-0.15, -0.1) is 0 Å². The van der Waals surface area contributed by atoms with E-state index in [0.29, 0.717) is 11.1 Å². The van der Waals surface area contributed by atoms with Crippen molar-refractivity contribution in [3.63, 3.8) is 0 Å². The number of ether oxygens (including phenoxy) is 1. The van der Waals surface area contributed by atoms with E-state index in [4.69, 9.17) is 13.3 Å². The molecule has 1 heterocycles. The van der Waals surface area contributed by atoms with Gasteiger partial charge < -0.3 is 13.3 Å². The Morgan fingerprint density at radius 3 is 2.38 bits per heavy atom. The molecule has 0 unspecified atom stereocenters. The summed E-state index contributed by atoms with van der Waals surface area (Å²) < 4.78 is 40.2. The maximum absolute atomic E-state index is 12.4. The third kappa shape index (κ3) is 3.11. The molecule has 0 aliphatic heterocycles. The summed E-state index contributed by atoms with van der Waals surface area (Å²) >= 11 is 0. The molecule has 1 aromatic heterocycles. The summed E-state index contributed by atoms with van der Waals surface area (Å²) in [5.74, 6) is 0.370. The lowest BCUT2D eigenvalue weighted by Gasteiger charge is -2.10. The van der Waals surface area contributed by atoms with Crippen molar-refractivity contribution in [1.82, 2.24) is 0 Å². The molecular formula is C17H14O6S. The molecule has 0 radical (unpaired) electrons. The topological polar surface area (TPSA) is 82.8 Å². The van der Waals surface area contributed by atoms with Crippen molar-refractivity contribution in [3.05, 3.63) is 64.5 Å². The van der Waals surface area contributed by atoms with E-state index in [1.165, 1.54) is 31.4 Å². The summed E-state index contributed by atoms with van der Waals surface area (Å²) in [6.45, 7) is 1.85. The maximum Gasteiger partial charge on any atom is 0.340 e. The van der Waals surface area contributed by atoms with E-state index in [2.05, 4.69) is 0 Å². The average molecular weight is 346 g/mol. The largest absolute Gasteiger partial charge is 0.497 e. The van der Waals surface area contributed by atoms with E-state index in [0.717, 1.165) is 11.6 Å². The second-order valence-corrected chi connectivity index (χ2v) is 6.69. The van der Waals surface area contributed by atoms with Gasteiger partial charge in [0.1, 0.15) is 16.2 Å². The highest BCUT2D eigenvalue weighted by Crippen LogP contribution is 2.29. The molecule has 0 bridgehead atoms. The highest BCUT2D eigenvalue weighted by Gasteiger charge is 2.19. The number of rotatable bonds is 4. The van der Waals surface area contributed by atoms with E-state index in [9.17, 15) is 13.2 Å². The fourth-order valence-corrected chi connectivity index (χ4v) is 3.12. The Kier molecular flexibility index (Phi) is 4.02. The minimum absolute atomic E-state index is 0.00242. The molecule has 7 heteroatoms. The van der Waals surface area contributed by atoms with Crippen molar-refractivity contribution in [1.29, 1.82) is 0 Å². The first kappa shape index (κ1) is 16.1. The number of methoxy groups -OCH3 is 1. The number of benzene rings is 2. The first-order valence-electron chi connectivity index (χ1n) is 7.02. The second kappa shape index (κ2) is 6.01. The molecule has 124 valence electrons. The van der Waals surface area contributed by atoms with Gasteiger partial charge in [-0.25, -0.2) is 4.79 Å². The molecule has 2 aromatic carbocycles. The Labute approximate surface area is 138 Å². The predicted molar refractivity (Wildman–Crippen MR) is 88.0 cm³/mol. The van der Waals surface area contributed by atoms with Gasteiger partial charge in [0.05, 0.1) is 18.6 Å². The molecule has 0 N–H and O–H groups in total. The van der Waals surface area contributed by atoms with Crippen LogP contribution in [0.15, 0.2) is 62.6 Å². The molecule has 0 aliphatic carbocycles. The van der Waals surface area contributed by atoms with Crippen LogP contribution >= 0.6 is 0 Å². The highest BCUT2D eigenvalue weighted by atomic mass is 32.2. The van der Waals surface area contributed by atoms with Gasteiger partial charge in [-0.2, -0.15) is 8.42 Å². The molecule has 24 heavy (non-hydrogen) atoms. The Hall–Kier alpha value is -2.80. The minimum Gasteiger partial charge on any atom is -0.497 e. The van der Waals surface area contributed by atoms with Crippen LogP contribution in [0.4, 0.5) is 0 Å². The smallest absolute Gasteiger partial charge is 0.340 e. The minimum atomic E-state index is -4.08. The van der Waals surface area contributed by atoms with Crippen LogP contribution < -0.4 is 14.5 Å². The van der Waals surface area contributed by atoms with E-state index in [1.54, 1.807) is 18.2 Å². The zero-order valence-electron chi connectivity index (χ0n) is 13.0. The first-order chi connectivity index (χ1) is 11.4. The highest BCUT2D eigenvalue weighted by molar-refractivity contribution is 7.87. The monoisotopic (exact) mass is 346 g/mol. The number of hydrogen-bond acceptors (Lipinski definition) is 6. The number of hydrogen-bond donors (Lipinski definition) is 0. The summed E-state index contributed by atoms with van der Waals surface area (Å²) in [6.07, 6.45) is 0. The fourth-order valence-electron chi connectivity index (χ4n) is 2.18. The Morgan fingerprint density at radius 2 is 1.71 bits per heavy atom. The van der Waals surface area contributed by atoms with Crippen LogP contribution in [-0.2, 0) is 10.1 Å². The van der Waals surface area contributed by atoms with Crippen molar-refractivity contribution >= 4 is 21.1 Å². The first-order valence-corrected chi connectivity index (χ1v) is 8.43. The van der Waals surface area contributed by atoms with Gasteiger partial charge in [-0.3, -0.25) is 0 Å². The van der Waals surface area contributed by atoms with Crippen LogP contribution in [0, 0.1) is 6.92 Å². The summed E-state index contributed by atoms with van der Waals surface area (Å²) in [6, 6.07) is 11.9. The summed E-state index contributed by atoms with van der Waals surface area (Å²) in [5, 5.41) is 0.324. The lowest BCUT2D eigenvalue weighted by Crippen LogP contribution is -2.11. The maximum atomic E-state index is 12.4. The summed E-state index contributed by atoms with van der Waals surface area (Å²) in [4.78, 5) is 11.7. The van der Waals surface area contributed by atoms with Crippen LogP contribution in [0.5, 0.6) is 11.5 Å². The van der Waals surface area contributed by atoms with Crippen molar-refractivity contribution in [2.75, 3.05) is 7.11 Å². The van der Waals surface area contributed by atoms with Gasteiger partial charge in [0.25, 0.3) is 0 Å². The Balaban J connectivity index is 2.11. The average Bonchev–Trinajstić information content (AvgIpc) is 2.54. The van der Waals surface area contributed by atoms with Crippen molar-refractivity contribution in [2.24, 2.45) is 0 Å². The number of fused-ring (bicyclic) bond motifs is 1. The van der Waals surface area contributed by atoms with E-state index >= 15 is 0 Å². The predicted octanol–water partition coefficient (Wildman–Crippen LogP) is 2.88. The molecular weight excluding hydrogens is 332 g/mol. The third-order valence-electron chi connectivity index (χ3n) is 3.42. The van der Waals surface area contributed by atoms with Crippen molar-refractivity contribution in [3.8, 4) is 11.5 Å². The lowest BCUT2D eigenvalue weighted by molar-refractivity contribution is 0.414. The van der Waals surface area contributed by atoms with Crippen LogP contribution in [0.3, 0.4) is 0 Å². The van der Waals surface area contributed by atoms with E-state index in [-0.39, 0.29) is 16.2 Å². The standard InChI is InChI=1S/C17H14O6S/c1-11-3-6-13(7-4-11)24(19,20)23-16-10-17(18)22-15-8-5-12(21-2)9-14(15)16/h3-10H,1-2H3. The van der Waals surface area contributed by atoms with Gasteiger partial charge in [-0.05, 0) is 37.3 Å². The third-order valence-corrected chi connectivity index (χ3v) is 4.67. The molecule has 0 aliphatic rings. The van der Waals surface area contributed by atoms with Crippen LogP contribution in [0.2, 0.25) is 0 Å². The van der Waals surface area contributed by atoms with Crippen molar-refractivity contribution in [2.45, 2.75) is 11.8 Å². The molecule has 0 fully saturated rings. The van der Waals surface area contributed by atoms with Gasteiger partial charge in [0, 0.05) is 0 Å². The zero-order chi connectivity index (χ0) is 17.3. The van der Waals surface area contributed by atoms with Crippen LogP contribution in [-0.4, -0.2) is 15.5 Å². The zero-order valence-corrected chi connectivity index (χ0v) is 13.8.